The number of carbonyl (C=O) groups is 2. The highest BCUT2D eigenvalue weighted by Gasteiger charge is 2.33. The molecule has 2 amide bonds. The van der Waals surface area contributed by atoms with Crippen LogP contribution in [0.3, 0.4) is 0 Å². The number of morpholine rings is 1. The van der Waals surface area contributed by atoms with E-state index in [4.69, 9.17) is 4.74 Å². The summed E-state index contributed by atoms with van der Waals surface area (Å²) in [6.45, 7) is 8.94. The van der Waals surface area contributed by atoms with E-state index in [2.05, 4.69) is 17.1 Å². The molecule has 0 aliphatic carbocycles. The van der Waals surface area contributed by atoms with Crippen LogP contribution in [0, 0.1) is 0 Å². The van der Waals surface area contributed by atoms with Crippen molar-refractivity contribution < 1.29 is 22.7 Å². The largest absolute Gasteiger partial charge is 0.373 e. The fraction of sp³-hybridized carbons (Fsp3) is 0.520. The molecule has 0 radical (unpaired) electrons. The lowest BCUT2D eigenvalue weighted by molar-refractivity contribution is -0.0440. The molecule has 1 aromatic heterocycles. The highest BCUT2D eigenvalue weighted by atomic mass is 32.2. The summed E-state index contributed by atoms with van der Waals surface area (Å²) in [5, 5.41) is 3.46. The third kappa shape index (κ3) is 5.35. The van der Waals surface area contributed by atoms with Gasteiger partial charge in [0.05, 0.1) is 22.7 Å². The third-order valence-electron chi connectivity index (χ3n) is 6.57. The van der Waals surface area contributed by atoms with Gasteiger partial charge in [0.25, 0.3) is 11.8 Å². The predicted octanol–water partition coefficient (Wildman–Crippen LogP) is 2.88. The van der Waals surface area contributed by atoms with Crippen LogP contribution in [0.15, 0.2) is 29.2 Å². The van der Waals surface area contributed by atoms with E-state index in [0.717, 1.165) is 36.5 Å². The van der Waals surface area contributed by atoms with Crippen LogP contribution in [0.1, 0.15) is 51.9 Å². The maximum Gasteiger partial charge on any atom is 0.256 e. The molecule has 2 aliphatic heterocycles. The number of fused-ring (bicyclic) bond motifs is 1. The van der Waals surface area contributed by atoms with Crippen molar-refractivity contribution in [1.29, 1.82) is 0 Å². The zero-order valence-corrected chi connectivity index (χ0v) is 23.0. The minimum absolute atomic E-state index is 0.134. The lowest BCUT2D eigenvalue weighted by Crippen LogP contribution is -2.48. The molecular formula is C25H34N4O5S2. The summed E-state index contributed by atoms with van der Waals surface area (Å²) in [5.74, 6) is -0.519. The number of nitrogens with zero attached hydrogens (tertiary/aromatic N) is 3. The van der Waals surface area contributed by atoms with Crippen LogP contribution >= 0.6 is 11.3 Å². The average molecular weight is 535 g/mol. The van der Waals surface area contributed by atoms with Gasteiger partial charge in [-0.25, -0.2) is 8.42 Å². The number of nitrogens with one attached hydrogen (secondary N) is 1. The predicted molar refractivity (Wildman–Crippen MR) is 140 cm³/mol. The van der Waals surface area contributed by atoms with Crippen molar-refractivity contribution in [3.8, 4) is 0 Å². The molecule has 0 spiro atoms. The van der Waals surface area contributed by atoms with E-state index in [0.29, 0.717) is 16.1 Å². The minimum Gasteiger partial charge on any atom is -0.373 e. The summed E-state index contributed by atoms with van der Waals surface area (Å²) < 4.78 is 33.3. The van der Waals surface area contributed by atoms with E-state index < -0.39 is 10.0 Å². The first-order valence-corrected chi connectivity index (χ1v) is 14.4. The monoisotopic (exact) mass is 534 g/mol. The summed E-state index contributed by atoms with van der Waals surface area (Å²) in [4.78, 5) is 31.2. The van der Waals surface area contributed by atoms with E-state index in [-0.39, 0.29) is 42.0 Å². The summed E-state index contributed by atoms with van der Waals surface area (Å²) in [6.07, 6.45) is 0.387. The second-order valence-electron chi connectivity index (χ2n) is 9.58. The van der Waals surface area contributed by atoms with E-state index in [1.165, 1.54) is 44.8 Å². The molecule has 1 fully saturated rings. The summed E-state index contributed by atoms with van der Waals surface area (Å²) in [6, 6.07) is 5.93. The number of hydrogen-bond donors (Lipinski definition) is 1. The minimum atomic E-state index is -3.70. The fourth-order valence-electron chi connectivity index (χ4n) is 4.69. The van der Waals surface area contributed by atoms with Crippen LogP contribution in [0.25, 0.3) is 0 Å². The number of hydrogen-bond acceptors (Lipinski definition) is 7. The number of anilines is 1. The van der Waals surface area contributed by atoms with Crippen molar-refractivity contribution in [2.45, 2.75) is 50.8 Å². The first-order valence-electron chi connectivity index (χ1n) is 12.2. The number of benzene rings is 1. The van der Waals surface area contributed by atoms with Crippen LogP contribution in [0.5, 0.6) is 0 Å². The molecule has 2 atom stereocenters. The van der Waals surface area contributed by atoms with Gasteiger partial charge in [0, 0.05) is 50.7 Å². The van der Waals surface area contributed by atoms with Gasteiger partial charge in [0.2, 0.25) is 10.0 Å². The van der Waals surface area contributed by atoms with Gasteiger partial charge in [0.15, 0.2) is 0 Å². The quantitative estimate of drug-likeness (QED) is 0.612. The number of rotatable bonds is 6. The molecule has 36 heavy (non-hydrogen) atoms. The van der Waals surface area contributed by atoms with Gasteiger partial charge in [-0.05, 0) is 56.6 Å². The molecule has 3 heterocycles. The lowest BCUT2D eigenvalue weighted by Gasteiger charge is -2.34. The molecule has 2 aromatic rings. The van der Waals surface area contributed by atoms with Gasteiger partial charge in [0.1, 0.15) is 5.00 Å². The molecular weight excluding hydrogens is 500 g/mol. The van der Waals surface area contributed by atoms with E-state index in [1.807, 2.05) is 13.8 Å². The van der Waals surface area contributed by atoms with E-state index >= 15 is 0 Å². The molecule has 0 bridgehead atoms. The van der Waals surface area contributed by atoms with Crippen molar-refractivity contribution in [3.05, 3.63) is 45.8 Å². The summed E-state index contributed by atoms with van der Waals surface area (Å²) in [7, 11) is -0.292. The standard InChI is InChI=1S/C25H34N4O5S2/c1-6-28-12-11-20-21(15-28)35-24(22(20)25(31)27(4)5)26-23(30)18-7-9-19(10-8-18)36(32,33)29-13-16(2)34-17(3)14-29/h7-10,16-17H,6,11-15H2,1-5H3,(H,26,30). The normalized spacial score (nSPS) is 21.1. The molecule has 1 saturated heterocycles. The molecule has 1 N–H and O–H groups in total. The SMILES string of the molecule is CCN1CCc2c(sc(NC(=O)c3ccc(S(=O)(=O)N4CC(C)OC(C)C4)cc3)c2C(=O)N(C)C)C1. The van der Waals surface area contributed by atoms with Crippen LogP contribution in [0.2, 0.25) is 0 Å². The maximum atomic E-state index is 13.1. The van der Waals surface area contributed by atoms with Crippen LogP contribution in [-0.2, 0) is 27.7 Å². The highest BCUT2D eigenvalue weighted by Crippen LogP contribution is 2.38. The number of ether oxygens (including phenoxy) is 1. The molecule has 2 unspecified atom stereocenters. The van der Waals surface area contributed by atoms with Gasteiger partial charge >= 0.3 is 0 Å². The van der Waals surface area contributed by atoms with Crippen molar-refractivity contribution in [1.82, 2.24) is 14.1 Å². The lowest BCUT2D eigenvalue weighted by atomic mass is 10.0. The van der Waals surface area contributed by atoms with Gasteiger partial charge in [-0.15, -0.1) is 11.3 Å². The van der Waals surface area contributed by atoms with Gasteiger partial charge in [-0.1, -0.05) is 6.92 Å². The van der Waals surface area contributed by atoms with E-state index in [9.17, 15) is 18.0 Å². The van der Waals surface area contributed by atoms with Crippen LogP contribution in [-0.4, -0.2) is 86.8 Å². The third-order valence-corrected chi connectivity index (χ3v) is 9.55. The van der Waals surface area contributed by atoms with E-state index in [1.54, 1.807) is 14.1 Å². The van der Waals surface area contributed by atoms with Crippen molar-refractivity contribution in [2.24, 2.45) is 0 Å². The number of likely N-dealkylation sites (N-methyl/N-ethyl adjacent to an activating group) is 1. The van der Waals surface area contributed by atoms with Gasteiger partial charge in [-0.3, -0.25) is 14.5 Å². The Bertz CT molecular complexity index is 1230. The Morgan fingerprint density at radius 3 is 2.36 bits per heavy atom. The number of sulfonamides is 1. The first kappa shape index (κ1) is 26.7. The Morgan fingerprint density at radius 2 is 1.78 bits per heavy atom. The molecule has 0 saturated carbocycles. The van der Waals surface area contributed by atoms with Crippen LogP contribution < -0.4 is 5.32 Å². The number of thiophene rings is 1. The Balaban J connectivity index is 1.56. The topological polar surface area (TPSA) is 99.3 Å². The van der Waals surface area contributed by atoms with Gasteiger partial charge < -0.3 is 15.0 Å². The number of carbonyl (C=O) groups excluding carboxylic acids is 2. The zero-order valence-electron chi connectivity index (χ0n) is 21.4. The molecule has 4 rings (SSSR count). The first-order chi connectivity index (χ1) is 17.0. The van der Waals surface area contributed by atoms with Crippen molar-refractivity contribution in [3.63, 3.8) is 0 Å². The number of amides is 2. The molecule has 2 aliphatic rings. The zero-order chi connectivity index (χ0) is 26.2. The maximum absolute atomic E-state index is 13.1. The Kier molecular flexibility index (Phi) is 7.86. The van der Waals surface area contributed by atoms with Crippen molar-refractivity contribution >= 4 is 38.2 Å². The molecule has 196 valence electrons. The fourth-order valence-corrected chi connectivity index (χ4v) is 7.56. The second-order valence-corrected chi connectivity index (χ2v) is 12.6. The summed E-state index contributed by atoms with van der Waals surface area (Å²) >= 11 is 1.44. The average Bonchev–Trinajstić information content (AvgIpc) is 3.19. The summed E-state index contributed by atoms with van der Waals surface area (Å²) in [5.41, 5.74) is 1.88. The molecule has 9 nitrogen and oxygen atoms in total. The smallest absolute Gasteiger partial charge is 0.256 e. The van der Waals surface area contributed by atoms with Crippen molar-refractivity contribution in [2.75, 3.05) is 45.6 Å². The second kappa shape index (κ2) is 10.6. The highest BCUT2D eigenvalue weighted by molar-refractivity contribution is 7.89. The van der Waals surface area contributed by atoms with Gasteiger partial charge in [-0.2, -0.15) is 4.31 Å². The Hall–Kier alpha value is -2.31. The Labute approximate surface area is 217 Å². The Morgan fingerprint density at radius 1 is 1.14 bits per heavy atom. The van der Waals surface area contributed by atoms with Crippen LogP contribution in [0.4, 0.5) is 5.00 Å². The molecule has 11 heteroatoms. The molecule has 1 aromatic carbocycles.